The van der Waals surface area contributed by atoms with Crippen LogP contribution in [0.3, 0.4) is 0 Å². The minimum absolute atomic E-state index is 0.0349. The highest BCUT2D eigenvalue weighted by molar-refractivity contribution is 5.25. The molecule has 5 heteroatoms. The SMILES string of the molecule is COc1ncccc1CNC1CCOC2(CCOCC2)C1. The van der Waals surface area contributed by atoms with E-state index in [-0.39, 0.29) is 5.60 Å². The van der Waals surface area contributed by atoms with Gasteiger partial charge in [0.15, 0.2) is 0 Å². The molecule has 1 N–H and O–H groups in total. The fourth-order valence-corrected chi connectivity index (χ4v) is 3.29. The third kappa shape index (κ3) is 3.54. The molecule has 0 bridgehead atoms. The van der Waals surface area contributed by atoms with E-state index >= 15 is 0 Å². The minimum atomic E-state index is 0.0349. The molecule has 0 amide bonds. The lowest BCUT2D eigenvalue weighted by Crippen LogP contribution is -2.49. The summed E-state index contributed by atoms with van der Waals surface area (Å²) in [7, 11) is 1.66. The molecule has 116 valence electrons. The molecular formula is C16H24N2O3. The minimum Gasteiger partial charge on any atom is -0.481 e. The van der Waals surface area contributed by atoms with Crippen molar-refractivity contribution in [3.05, 3.63) is 23.9 Å². The largest absolute Gasteiger partial charge is 0.481 e. The molecule has 3 heterocycles. The number of nitrogens with one attached hydrogen (secondary N) is 1. The van der Waals surface area contributed by atoms with Crippen LogP contribution in [0, 0.1) is 0 Å². The van der Waals surface area contributed by atoms with E-state index < -0.39 is 0 Å². The fourth-order valence-electron chi connectivity index (χ4n) is 3.29. The van der Waals surface area contributed by atoms with Gasteiger partial charge in [-0.3, -0.25) is 0 Å². The molecule has 0 aromatic carbocycles. The average Bonchev–Trinajstić information content (AvgIpc) is 2.54. The van der Waals surface area contributed by atoms with Crippen molar-refractivity contribution >= 4 is 0 Å². The molecule has 1 atom stereocenters. The second kappa shape index (κ2) is 6.73. The lowest BCUT2D eigenvalue weighted by atomic mass is 9.84. The van der Waals surface area contributed by atoms with Gasteiger partial charge in [-0.05, 0) is 31.7 Å². The Balaban J connectivity index is 1.57. The van der Waals surface area contributed by atoms with Crippen molar-refractivity contribution < 1.29 is 14.2 Å². The van der Waals surface area contributed by atoms with Crippen molar-refractivity contribution in [1.29, 1.82) is 0 Å². The molecule has 21 heavy (non-hydrogen) atoms. The molecule has 0 aliphatic carbocycles. The van der Waals surface area contributed by atoms with E-state index in [0.717, 1.165) is 57.6 Å². The van der Waals surface area contributed by atoms with Gasteiger partial charge in [0.1, 0.15) is 0 Å². The van der Waals surface area contributed by atoms with Gasteiger partial charge in [0.05, 0.1) is 12.7 Å². The Morgan fingerprint density at radius 3 is 3.05 bits per heavy atom. The van der Waals surface area contributed by atoms with E-state index in [1.807, 2.05) is 6.07 Å². The van der Waals surface area contributed by atoms with Crippen molar-refractivity contribution in [2.75, 3.05) is 26.9 Å². The monoisotopic (exact) mass is 292 g/mol. The smallest absolute Gasteiger partial charge is 0.217 e. The van der Waals surface area contributed by atoms with Crippen molar-refractivity contribution in [2.45, 2.75) is 43.9 Å². The zero-order valence-electron chi connectivity index (χ0n) is 12.6. The van der Waals surface area contributed by atoms with Crippen molar-refractivity contribution in [3.8, 4) is 5.88 Å². The Morgan fingerprint density at radius 1 is 1.38 bits per heavy atom. The molecule has 2 aliphatic heterocycles. The first-order chi connectivity index (χ1) is 10.3. The summed E-state index contributed by atoms with van der Waals surface area (Å²) in [4.78, 5) is 4.24. The van der Waals surface area contributed by atoms with Crippen LogP contribution in [0.1, 0.15) is 31.2 Å². The molecule has 2 fully saturated rings. The first-order valence-corrected chi connectivity index (χ1v) is 7.74. The van der Waals surface area contributed by atoms with Crippen LogP contribution in [0.4, 0.5) is 0 Å². The summed E-state index contributed by atoms with van der Waals surface area (Å²) < 4.78 is 16.8. The quantitative estimate of drug-likeness (QED) is 0.918. The van der Waals surface area contributed by atoms with Crippen molar-refractivity contribution in [1.82, 2.24) is 10.3 Å². The highest BCUT2D eigenvalue weighted by Gasteiger charge is 2.38. The maximum atomic E-state index is 6.08. The number of aromatic nitrogens is 1. The maximum absolute atomic E-state index is 6.08. The summed E-state index contributed by atoms with van der Waals surface area (Å²) in [6.07, 6.45) is 5.92. The Bertz CT molecular complexity index is 455. The Morgan fingerprint density at radius 2 is 2.24 bits per heavy atom. The van der Waals surface area contributed by atoms with Crippen LogP contribution in [0.15, 0.2) is 18.3 Å². The van der Waals surface area contributed by atoms with Crippen molar-refractivity contribution in [3.63, 3.8) is 0 Å². The molecule has 2 saturated heterocycles. The molecule has 1 unspecified atom stereocenters. The third-order valence-electron chi connectivity index (χ3n) is 4.52. The number of hydrogen-bond acceptors (Lipinski definition) is 5. The van der Waals surface area contributed by atoms with E-state index in [1.54, 1.807) is 13.3 Å². The van der Waals surface area contributed by atoms with E-state index in [1.165, 1.54) is 0 Å². The first kappa shape index (κ1) is 14.8. The fraction of sp³-hybridized carbons (Fsp3) is 0.688. The number of rotatable bonds is 4. The molecule has 5 nitrogen and oxygen atoms in total. The first-order valence-electron chi connectivity index (χ1n) is 7.74. The molecule has 3 rings (SSSR count). The van der Waals surface area contributed by atoms with Gasteiger partial charge in [-0.25, -0.2) is 4.98 Å². The van der Waals surface area contributed by atoms with Crippen LogP contribution >= 0.6 is 0 Å². The van der Waals surface area contributed by atoms with Crippen LogP contribution in [0.2, 0.25) is 0 Å². The Hall–Kier alpha value is -1.17. The topological polar surface area (TPSA) is 52.6 Å². The summed E-state index contributed by atoms with van der Waals surface area (Å²) in [6, 6.07) is 4.49. The lowest BCUT2D eigenvalue weighted by molar-refractivity contribution is -0.140. The maximum Gasteiger partial charge on any atom is 0.217 e. The Labute approximate surface area is 126 Å². The van der Waals surface area contributed by atoms with Gasteiger partial charge >= 0.3 is 0 Å². The highest BCUT2D eigenvalue weighted by atomic mass is 16.5. The highest BCUT2D eigenvalue weighted by Crippen LogP contribution is 2.34. The van der Waals surface area contributed by atoms with Crippen LogP contribution in [-0.4, -0.2) is 43.6 Å². The zero-order valence-corrected chi connectivity index (χ0v) is 12.6. The number of ether oxygens (including phenoxy) is 3. The predicted octanol–water partition coefficient (Wildman–Crippen LogP) is 1.91. The van der Waals surface area contributed by atoms with Gasteiger partial charge in [0, 0.05) is 44.2 Å². The standard InChI is InChI=1S/C16H24N2O3/c1-19-15-13(3-2-7-17-15)12-18-14-4-8-21-16(11-14)5-9-20-10-6-16/h2-3,7,14,18H,4-6,8-12H2,1H3. The van der Waals surface area contributed by atoms with Crippen LogP contribution in [0.25, 0.3) is 0 Å². The Kier molecular flexibility index (Phi) is 4.73. The van der Waals surface area contributed by atoms with Gasteiger partial charge < -0.3 is 19.5 Å². The second-order valence-electron chi connectivity index (χ2n) is 5.89. The number of methoxy groups -OCH3 is 1. The molecule has 0 radical (unpaired) electrons. The summed E-state index contributed by atoms with van der Waals surface area (Å²) in [5.41, 5.74) is 1.14. The zero-order chi connectivity index (χ0) is 14.5. The summed E-state index contributed by atoms with van der Waals surface area (Å²) in [6.45, 7) is 3.27. The van der Waals surface area contributed by atoms with E-state index in [9.17, 15) is 0 Å². The summed E-state index contributed by atoms with van der Waals surface area (Å²) in [5.74, 6) is 0.706. The third-order valence-corrected chi connectivity index (χ3v) is 4.52. The molecule has 0 saturated carbocycles. The van der Waals surface area contributed by atoms with Gasteiger partial charge in [0.2, 0.25) is 5.88 Å². The number of hydrogen-bond donors (Lipinski definition) is 1. The van der Waals surface area contributed by atoms with Gasteiger partial charge in [-0.1, -0.05) is 6.07 Å². The van der Waals surface area contributed by atoms with Gasteiger partial charge in [-0.15, -0.1) is 0 Å². The van der Waals surface area contributed by atoms with E-state index in [4.69, 9.17) is 14.2 Å². The van der Waals surface area contributed by atoms with Crippen LogP contribution in [-0.2, 0) is 16.0 Å². The van der Waals surface area contributed by atoms with Crippen LogP contribution in [0.5, 0.6) is 5.88 Å². The van der Waals surface area contributed by atoms with Crippen molar-refractivity contribution in [2.24, 2.45) is 0 Å². The van der Waals surface area contributed by atoms with Crippen LogP contribution < -0.4 is 10.1 Å². The molecular weight excluding hydrogens is 268 g/mol. The normalized spacial score (nSPS) is 24.9. The predicted molar refractivity (Wildman–Crippen MR) is 79.4 cm³/mol. The van der Waals surface area contributed by atoms with E-state index in [2.05, 4.69) is 16.4 Å². The average molecular weight is 292 g/mol. The lowest BCUT2D eigenvalue weighted by Gasteiger charge is -2.43. The second-order valence-corrected chi connectivity index (χ2v) is 5.89. The number of pyridine rings is 1. The van der Waals surface area contributed by atoms with E-state index in [0.29, 0.717) is 11.9 Å². The molecule has 2 aliphatic rings. The molecule has 1 aromatic heterocycles. The van der Waals surface area contributed by atoms with Gasteiger partial charge in [-0.2, -0.15) is 0 Å². The summed E-state index contributed by atoms with van der Waals surface area (Å²) >= 11 is 0. The number of nitrogens with zero attached hydrogens (tertiary/aromatic N) is 1. The summed E-state index contributed by atoms with van der Waals surface area (Å²) in [5, 5.41) is 3.64. The molecule has 1 spiro atoms. The molecule has 1 aromatic rings. The van der Waals surface area contributed by atoms with Gasteiger partial charge in [0.25, 0.3) is 0 Å².